The van der Waals surface area contributed by atoms with E-state index in [0.717, 1.165) is 22.3 Å². The van der Waals surface area contributed by atoms with E-state index in [1.807, 2.05) is 6.07 Å². The molecule has 0 radical (unpaired) electrons. The van der Waals surface area contributed by atoms with Gasteiger partial charge in [-0.1, -0.05) is 46.5 Å². The molecular weight excluding hydrogens is 390 g/mol. The van der Waals surface area contributed by atoms with Crippen molar-refractivity contribution in [3.05, 3.63) is 28.8 Å². The van der Waals surface area contributed by atoms with E-state index >= 15 is 0 Å². The summed E-state index contributed by atoms with van der Waals surface area (Å²) in [6.45, 7) is 11.8. The minimum absolute atomic E-state index is 0.0504. The second-order valence-electron chi connectivity index (χ2n) is 9.78. The molecule has 2 aliphatic rings. The molecule has 2 unspecified atom stereocenters. The lowest BCUT2D eigenvalue weighted by atomic mass is 9.79. The van der Waals surface area contributed by atoms with Crippen LogP contribution in [0.1, 0.15) is 90.2 Å². The number of amides is 1. The summed E-state index contributed by atoms with van der Waals surface area (Å²) < 4.78 is 6.42. The normalized spacial score (nSPS) is 19.4. The third-order valence-corrected chi connectivity index (χ3v) is 7.16. The van der Waals surface area contributed by atoms with Gasteiger partial charge in [0, 0.05) is 19.5 Å². The van der Waals surface area contributed by atoms with Gasteiger partial charge in [-0.2, -0.15) is 0 Å². The van der Waals surface area contributed by atoms with E-state index in [9.17, 15) is 9.90 Å². The predicted molar refractivity (Wildman–Crippen MR) is 124 cm³/mol. The van der Waals surface area contributed by atoms with E-state index in [0.29, 0.717) is 37.1 Å². The van der Waals surface area contributed by atoms with E-state index < -0.39 is 5.60 Å². The van der Waals surface area contributed by atoms with E-state index in [1.54, 1.807) is 4.90 Å². The van der Waals surface area contributed by atoms with Gasteiger partial charge in [-0.15, -0.1) is 0 Å². The van der Waals surface area contributed by atoms with Crippen LogP contribution in [0.3, 0.4) is 0 Å². The van der Waals surface area contributed by atoms with Gasteiger partial charge in [0.15, 0.2) is 0 Å². The summed E-state index contributed by atoms with van der Waals surface area (Å²) >= 11 is 0. The molecule has 5 nitrogen and oxygen atoms in total. The van der Waals surface area contributed by atoms with Gasteiger partial charge in [-0.05, 0) is 60.9 Å². The molecule has 0 saturated heterocycles. The van der Waals surface area contributed by atoms with Crippen LogP contribution in [0.5, 0.6) is 11.5 Å². The van der Waals surface area contributed by atoms with Gasteiger partial charge in [0.25, 0.3) is 0 Å². The average Bonchev–Trinajstić information content (AvgIpc) is 2.72. The van der Waals surface area contributed by atoms with Crippen LogP contribution in [0.4, 0.5) is 0 Å². The highest BCUT2D eigenvalue weighted by atomic mass is 16.5. The molecule has 2 heterocycles. The van der Waals surface area contributed by atoms with E-state index in [4.69, 9.17) is 9.84 Å². The van der Waals surface area contributed by atoms with Crippen LogP contribution in [0.2, 0.25) is 0 Å². The van der Waals surface area contributed by atoms with Crippen LogP contribution in [0, 0.1) is 5.92 Å². The average molecular weight is 430 g/mol. The fourth-order valence-corrected chi connectivity index (χ4v) is 5.02. The monoisotopic (exact) mass is 429 g/mol. The highest BCUT2D eigenvalue weighted by Gasteiger charge is 2.40. The Morgan fingerprint density at radius 2 is 2.00 bits per heavy atom. The molecule has 0 fully saturated rings. The van der Waals surface area contributed by atoms with Gasteiger partial charge in [-0.3, -0.25) is 4.79 Å². The summed E-state index contributed by atoms with van der Waals surface area (Å²) in [5.74, 6) is 1.74. The van der Waals surface area contributed by atoms with Crippen LogP contribution in [0.15, 0.2) is 17.7 Å². The molecule has 1 aromatic rings. The minimum Gasteiger partial charge on any atom is -0.507 e. The van der Waals surface area contributed by atoms with Gasteiger partial charge < -0.3 is 19.8 Å². The number of phenols is 1. The standard InChI is InChI=1S/C26H39NO4/c1-6-7-8-9-17(2)18(3)19-14-22(29)25-20-16-27(24(30)11-13-28)12-10-21(20)26(4,5)31-23(25)15-19/h14-15,17-18,28-29H,6-13,16H2,1-5H3. The Labute approximate surface area is 187 Å². The number of carbonyl (C=O) groups excluding carboxylic acids is 1. The number of aliphatic hydroxyl groups is 1. The summed E-state index contributed by atoms with van der Waals surface area (Å²) in [4.78, 5) is 14.2. The first-order valence-electron chi connectivity index (χ1n) is 11.9. The molecule has 0 saturated carbocycles. The maximum atomic E-state index is 12.4. The number of rotatable bonds is 8. The molecule has 172 valence electrons. The molecule has 2 aliphatic heterocycles. The van der Waals surface area contributed by atoms with Crippen molar-refractivity contribution in [3.63, 3.8) is 0 Å². The second-order valence-corrected chi connectivity index (χ2v) is 9.78. The molecule has 2 atom stereocenters. The van der Waals surface area contributed by atoms with Crippen LogP contribution in [-0.4, -0.2) is 46.3 Å². The van der Waals surface area contributed by atoms with E-state index in [1.165, 1.54) is 25.7 Å². The number of hydrogen-bond donors (Lipinski definition) is 2. The van der Waals surface area contributed by atoms with Crippen molar-refractivity contribution in [1.82, 2.24) is 4.90 Å². The molecule has 3 rings (SSSR count). The van der Waals surface area contributed by atoms with Crippen molar-refractivity contribution in [2.45, 2.75) is 84.7 Å². The summed E-state index contributed by atoms with van der Waals surface area (Å²) in [5.41, 5.74) is 3.50. The van der Waals surface area contributed by atoms with Crippen molar-refractivity contribution >= 4 is 11.5 Å². The Morgan fingerprint density at radius 3 is 2.68 bits per heavy atom. The first-order chi connectivity index (χ1) is 14.7. The molecule has 31 heavy (non-hydrogen) atoms. The zero-order chi connectivity index (χ0) is 22.8. The van der Waals surface area contributed by atoms with Crippen molar-refractivity contribution in [3.8, 4) is 11.5 Å². The number of fused-ring (bicyclic) bond motifs is 2. The van der Waals surface area contributed by atoms with Gasteiger partial charge in [0.05, 0.1) is 12.2 Å². The fraction of sp³-hybridized carbons (Fsp3) is 0.654. The number of benzene rings is 1. The zero-order valence-electron chi connectivity index (χ0n) is 19.8. The summed E-state index contributed by atoms with van der Waals surface area (Å²) in [7, 11) is 0. The van der Waals surface area contributed by atoms with Crippen molar-refractivity contribution in [2.24, 2.45) is 5.92 Å². The van der Waals surface area contributed by atoms with Crippen LogP contribution in [0.25, 0.3) is 5.57 Å². The second kappa shape index (κ2) is 9.64. The summed E-state index contributed by atoms with van der Waals surface area (Å²) in [5, 5.41) is 20.2. The molecule has 1 aromatic carbocycles. The Hall–Kier alpha value is -2.01. The lowest BCUT2D eigenvalue weighted by Gasteiger charge is -2.42. The quantitative estimate of drug-likeness (QED) is 0.554. The first-order valence-corrected chi connectivity index (χ1v) is 11.9. The predicted octanol–water partition coefficient (Wildman–Crippen LogP) is 5.25. The lowest BCUT2D eigenvalue weighted by molar-refractivity contribution is -0.131. The van der Waals surface area contributed by atoms with E-state index in [-0.39, 0.29) is 24.7 Å². The minimum atomic E-state index is -0.477. The molecule has 0 bridgehead atoms. The third-order valence-electron chi connectivity index (χ3n) is 7.16. The molecule has 2 N–H and O–H groups in total. The van der Waals surface area contributed by atoms with Crippen molar-refractivity contribution in [2.75, 3.05) is 19.7 Å². The zero-order valence-corrected chi connectivity index (χ0v) is 19.8. The molecule has 0 aliphatic carbocycles. The van der Waals surface area contributed by atoms with Crippen LogP contribution < -0.4 is 4.74 Å². The number of aliphatic hydroxyl groups excluding tert-OH is 1. The molecular formula is C26H39NO4. The molecule has 1 amide bonds. The topological polar surface area (TPSA) is 70.0 Å². The number of phenolic OH excluding ortho intramolecular Hbond substituents is 1. The van der Waals surface area contributed by atoms with Crippen molar-refractivity contribution in [1.29, 1.82) is 0 Å². The number of carbonyl (C=O) groups is 1. The number of hydrogen-bond acceptors (Lipinski definition) is 4. The van der Waals surface area contributed by atoms with Crippen LogP contribution >= 0.6 is 0 Å². The third kappa shape index (κ3) is 4.92. The molecule has 0 spiro atoms. The number of aromatic hydroxyl groups is 1. The Bertz CT molecular complexity index is 842. The Kier molecular flexibility index (Phi) is 7.35. The van der Waals surface area contributed by atoms with E-state index in [2.05, 4.69) is 40.7 Å². The number of nitrogens with zero attached hydrogens (tertiary/aromatic N) is 1. The Morgan fingerprint density at radius 1 is 1.26 bits per heavy atom. The highest BCUT2D eigenvalue weighted by Crippen LogP contribution is 2.49. The number of ether oxygens (including phenoxy) is 1. The van der Waals surface area contributed by atoms with Crippen molar-refractivity contribution < 1.29 is 19.7 Å². The number of unbranched alkanes of at least 4 members (excludes halogenated alkanes) is 2. The fourth-order valence-electron chi connectivity index (χ4n) is 5.02. The van der Waals surface area contributed by atoms with Crippen LogP contribution in [-0.2, 0) is 4.79 Å². The largest absolute Gasteiger partial charge is 0.507 e. The van der Waals surface area contributed by atoms with Gasteiger partial charge >= 0.3 is 0 Å². The maximum absolute atomic E-state index is 12.4. The molecule has 5 heteroatoms. The lowest BCUT2D eigenvalue weighted by Crippen LogP contribution is -2.44. The summed E-state index contributed by atoms with van der Waals surface area (Å²) in [6, 6.07) is 3.98. The molecule has 0 aromatic heterocycles. The smallest absolute Gasteiger partial charge is 0.225 e. The van der Waals surface area contributed by atoms with Gasteiger partial charge in [-0.25, -0.2) is 0 Å². The summed E-state index contributed by atoms with van der Waals surface area (Å²) in [6.07, 6.45) is 5.73. The first kappa shape index (κ1) is 23.6. The maximum Gasteiger partial charge on any atom is 0.225 e. The highest BCUT2D eigenvalue weighted by molar-refractivity contribution is 5.86. The van der Waals surface area contributed by atoms with Gasteiger partial charge in [0.1, 0.15) is 17.1 Å². The SMILES string of the molecule is CCCCCC(C)C(C)c1cc(O)c2c(c1)OC(C)(C)C1=C2CN(C(=O)CCO)CC1. The van der Waals surface area contributed by atoms with Gasteiger partial charge in [0.2, 0.25) is 5.91 Å². The Balaban J connectivity index is 1.93.